The molecular formula is C24H34N2. The predicted molar refractivity (Wildman–Crippen MR) is 111 cm³/mol. The Labute approximate surface area is 159 Å². The van der Waals surface area contributed by atoms with E-state index in [2.05, 4.69) is 84.3 Å². The van der Waals surface area contributed by atoms with Gasteiger partial charge in [-0.15, -0.1) is 0 Å². The number of piperazine rings is 1. The van der Waals surface area contributed by atoms with Crippen LogP contribution in [0, 0.1) is 5.92 Å². The monoisotopic (exact) mass is 350 g/mol. The highest BCUT2D eigenvalue weighted by molar-refractivity contribution is 5.24. The average Bonchev–Trinajstić information content (AvgIpc) is 2.68. The van der Waals surface area contributed by atoms with Crippen LogP contribution in [0.3, 0.4) is 0 Å². The quantitative estimate of drug-likeness (QED) is 0.659. The fraction of sp³-hybridized carbons (Fsp3) is 0.500. The van der Waals surface area contributed by atoms with Crippen molar-refractivity contribution in [3.05, 3.63) is 71.8 Å². The molecule has 0 aromatic heterocycles. The molecule has 0 bridgehead atoms. The number of nitrogens with zero attached hydrogens (tertiary/aromatic N) is 2. The number of hydrogen-bond donors (Lipinski definition) is 0. The topological polar surface area (TPSA) is 6.48 Å². The molecule has 26 heavy (non-hydrogen) atoms. The zero-order valence-electron chi connectivity index (χ0n) is 16.5. The molecule has 0 N–H and O–H groups in total. The number of hydrogen-bond acceptors (Lipinski definition) is 2. The molecule has 1 atom stereocenters. The van der Waals surface area contributed by atoms with E-state index >= 15 is 0 Å². The van der Waals surface area contributed by atoms with E-state index in [1.165, 1.54) is 56.7 Å². The van der Waals surface area contributed by atoms with Gasteiger partial charge in [-0.25, -0.2) is 0 Å². The Balaban J connectivity index is 1.61. The van der Waals surface area contributed by atoms with E-state index in [4.69, 9.17) is 0 Å². The van der Waals surface area contributed by atoms with E-state index in [9.17, 15) is 0 Å². The minimum Gasteiger partial charge on any atom is -0.301 e. The third kappa shape index (κ3) is 5.69. The van der Waals surface area contributed by atoms with E-state index in [1.807, 2.05) is 0 Å². The van der Waals surface area contributed by atoms with Crippen molar-refractivity contribution in [2.24, 2.45) is 5.92 Å². The van der Waals surface area contributed by atoms with Crippen LogP contribution in [-0.4, -0.2) is 42.5 Å². The van der Waals surface area contributed by atoms with Crippen LogP contribution in [0.25, 0.3) is 0 Å². The third-order valence-electron chi connectivity index (χ3n) is 5.56. The molecule has 1 saturated heterocycles. The summed E-state index contributed by atoms with van der Waals surface area (Å²) >= 11 is 0. The summed E-state index contributed by atoms with van der Waals surface area (Å²) < 4.78 is 0. The molecule has 1 aliphatic rings. The maximum atomic E-state index is 2.70. The zero-order chi connectivity index (χ0) is 18.2. The Morgan fingerprint density at radius 2 is 1.42 bits per heavy atom. The van der Waals surface area contributed by atoms with Crippen molar-refractivity contribution in [1.29, 1.82) is 0 Å². The summed E-state index contributed by atoms with van der Waals surface area (Å²) in [5.74, 6) is 0.824. The number of benzene rings is 2. The highest BCUT2D eigenvalue weighted by Crippen LogP contribution is 2.26. The Morgan fingerprint density at radius 3 is 2.04 bits per heavy atom. The fourth-order valence-corrected chi connectivity index (χ4v) is 3.99. The van der Waals surface area contributed by atoms with E-state index < -0.39 is 0 Å². The van der Waals surface area contributed by atoms with Gasteiger partial charge < -0.3 is 4.90 Å². The Morgan fingerprint density at radius 1 is 0.808 bits per heavy atom. The first-order chi connectivity index (χ1) is 12.7. The highest BCUT2D eigenvalue weighted by atomic mass is 15.3. The highest BCUT2D eigenvalue weighted by Gasteiger charge is 2.25. The lowest BCUT2D eigenvalue weighted by Gasteiger charge is -2.39. The molecule has 1 unspecified atom stereocenters. The summed E-state index contributed by atoms with van der Waals surface area (Å²) in [5, 5.41) is 0. The van der Waals surface area contributed by atoms with E-state index in [1.54, 1.807) is 0 Å². The van der Waals surface area contributed by atoms with E-state index in [-0.39, 0.29) is 0 Å². The average molecular weight is 351 g/mol. The van der Waals surface area contributed by atoms with Crippen LogP contribution in [0.15, 0.2) is 60.7 Å². The van der Waals surface area contributed by atoms with Crippen molar-refractivity contribution in [3.8, 4) is 0 Å². The molecule has 2 nitrogen and oxygen atoms in total. The summed E-state index contributed by atoms with van der Waals surface area (Å²) in [6, 6.07) is 22.5. The first kappa shape index (κ1) is 19.1. The first-order valence-corrected chi connectivity index (χ1v) is 10.3. The van der Waals surface area contributed by atoms with Gasteiger partial charge in [0.1, 0.15) is 0 Å². The van der Waals surface area contributed by atoms with Gasteiger partial charge in [-0.05, 0) is 42.9 Å². The maximum absolute atomic E-state index is 2.70. The van der Waals surface area contributed by atoms with Gasteiger partial charge in [-0.3, -0.25) is 4.90 Å². The molecule has 3 rings (SSSR count). The Kier molecular flexibility index (Phi) is 7.28. The second kappa shape index (κ2) is 9.89. The normalized spacial score (nSPS) is 17.5. The molecule has 1 aliphatic heterocycles. The van der Waals surface area contributed by atoms with E-state index in [0.717, 1.165) is 12.3 Å². The van der Waals surface area contributed by atoms with Crippen molar-refractivity contribution >= 4 is 0 Å². The standard InChI is InChI=1S/C24H34N2/c1-21(2)10-9-15-25-16-18-26(19-17-25)24(23-13-7-4-8-14-23)20-22-11-5-3-6-12-22/h3-8,11-14,21,24H,9-10,15-20H2,1-2H3. The van der Waals surface area contributed by atoms with Crippen molar-refractivity contribution in [3.63, 3.8) is 0 Å². The van der Waals surface area contributed by atoms with Gasteiger partial charge >= 0.3 is 0 Å². The first-order valence-electron chi connectivity index (χ1n) is 10.3. The van der Waals surface area contributed by atoms with Crippen LogP contribution in [0.4, 0.5) is 0 Å². The van der Waals surface area contributed by atoms with Crippen molar-refractivity contribution < 1.29 is 0 Å². The van der Waals surface area contributed by atoms with Gasteiger partial charge in [-0.1, -0.05) is 74.5 Å². The molecule has 140 valence electrons. The molecule has 1 heterocycles. The molecule has 2 heteroatoms. The van der Waals surface area contributed by atoms with E-state index in [0.29, 0.717) is 6.04 Å². The molecule has 1 fully saturated rings. The lowest BCUT2D eigenvalue weighted by Crippen LogP contribution is -2.48. The molecule has 0 saturated carbocycles. The minimum atomic E-state index is 0.483. The summed E-state index contributed by atoms with van der Waals surface area (Å²) in [6.45, 7) is 10.7. The fourth-order valence-electron chi connectivity index (χ4n) is 3.99. The third-order valence-corrected chi connectivity index (χ3v) is 5.56. The summed E-state index contributed by atoms with van der Waals surface area (Å²) in [4.78, 5) is 5.35. The predicted octanol–water partition coefficient (Wildman–Crippen LogP) is 5.02. The molecule has 2 aromatic carbocycles. The maximum Gasteiger partial charge on any atom is 0.0389 e. The summed E-state index contributed by atoms with van der Waals surface area (Å²) in [7, 11) is 0. The van der Waals surface area contributed by atoms with Gasteiger partial charge in [0.15, 0.2) is 0 Å². The van der Waals surface area contributed by atoms with Crippen molar-refractivity contribution in [2.45, 2.75) is 39.2 Å². The van der Waals surface area contributed by atoms with Gasteiger partial charge in [0, 0.05) is 32.2 Å². The molecule has 0 spiro atoms. The lowest BCUT2D eigenvalue weighted by molar-refractivity contribution is 0.0937. The van der Waals surface area contributed by atoms with Crippen LogP contribution in [0.1, 0.15) is 43.9 Å². The van der Waals surface area contributed by atoms with Crippen molar-refractivity contribution in [2.75, 3.05) is 32.7 Å². The Bertz CT molecular complexity index is 615. The van der Waals surface area contributed by atoms with Gasteiger partial charge in [0.05, 0.1) is 0 Å². The van der Waals surface area contributed by atoms with Gasteiger partial charge in [0.2, 0.25) is 0 Å². The summed E-state index contributed by atoms with van der Waals surface area (Å²) in [6.07, 6.45) is 3.78. The smallest absolute Gasteiger partial charge is 0.0389 e. The van der Waals surface area contributed by atoms with Crippen molar-refractivity contribution in [1.82, 2.24) is 9.80 Å². The lowest BCUT2D eigenvalue weighted by atomic mass is 9.96. The van der Waals surface area contributed by atoms with Crippen LogP contribution in [0.5, 0.6) is 0 Å². The molecule has 0 aliphatic carbocycles. The zero-order valence-corrected chi connectivity index (χ0v) is 16.5. The molecule has 2 aromatic rings. The number of rotatable bonds is 8. The van der Waals surface area contributed by atoms with Crippen LogP contribution < -0.4 is 0 Å². The summed E-state index contributed by atoms with van der Waals surface area (Å²) in [5.41, 5.74) is 2.88. The second-order valence-electron chi connectivity index (χ2n) is 8.03. The second-order valence-corrected chi connectivity index (χ2v) is 8.03. The van der Waals surface area contributed by atoms with Gasteiger partial charge in [-0.2, -0.15) is 0 Å². The Hall–Kier alpha value is -1.64. The van der Waals surface area contributed by atoms with Crippen LogP contribution in [0.2, 0.25) is 0 Å². The molecule has 0 radical (unpaired) electrons. The van der Waals surface area contributed by atoms with Crippen LogP contribution >= 0.6 is 0 Å². The van der Waals surface area contributed by atoms with Gasteiger partial charge in [0.25, 0.3) is 0 Å². The van der Waals surface area contributed by atoms with Crippen LogP contribution in [-0.2, 0) is 6.42 Å². The minimum absolute atomic E-state index is 0.483. The molecular weight excluding hydrogens is 316 g/mol. The largest absolute Gasteiger partial charge is 0.301 e. The molecule has 0 amide bonds. The SMILES string of the molecule is CC(C)CCCN1CCN(C(Cc2ccccc2)c2ccccc2)CC1.